The lowest BCUT2D eigenvalue weighted by Gasteiger charge is -2.38. The SMILES string of the molecule is Cn1ccnc1CCC(N)C1(C)CCCCO1. The summed E-state index contributed by atoms with van der Waals surface area (Å²) in [6, 6.07) is 0.0968. The molecule has 1 aromatic rings. The first-order chi connectivity index (χ1) is 8.12. The molecule has 4 heteroatoms. The Balaban J connectivity index is 1.88. The van der Waals surface area contributed by atoms with Crippen molar-refractivity contribution in [2.45, 2.75) is 50.7 Å². The van der Waals surface area contributed by atoms with E-state index in [0.717, 1.165) is 31.7 Å². The molecule has 96 valence electrons. The lowest BCUT2D eigenvalue weighted by atomic mass is 9.86. The number of hydrogen-bond acceptors (Lipinski definition) is 3. The third kappa shape index (κ3) is 2.87. The smallest absolute Gasteiger partial charge is 0.108 e. The molecule has 2 heterocycles. The summed E-state index contributed by atoms with van der Waals surface area (Å²) < 4.78 is 7.93. The van der Waals surface area contributed by atoms with E-state index in [4.69, 9.17) is 10.5 Å². The van der Waals surface area contributed by atoms with E-state index >= 15 is 0 Å². The molecule has 1 aromatic heterocycles. The van der Waals surface area contributed by atoms with E-state index in [-0.39, 0.29) is 11.6 Å². The van der Waals surface area contributed by atoms with Crippen LogP contribution in [0.25, 0.3) is 0 Å². The number of imidazole rings is 1. The van der Waals surface area contributed by atoms with Crippen LogP contribution in [-0.2, 0) is 18.2 Å². The van der Waals surface area contributed by atoms with Gasteiger partial charge in [0.1, 0.15) is 5.82 Å². The van der Waals surface area contributed by atoms with Crippen molar-refractivity contribution in [1.29, 1.82) is 0 Å². The van der Waals surface area contributed by atoms with Gasteiger partial charge in [-0.1, -0.05) is 0 Å². The summed E-state index contributed by atoms with van der Waals surface area (Å²) >= 11 is 0. The van der Waals surface area contributed by atoms with Gasteiger partial charge in [-0.05, 0) is 32.6 Å². The highest BCUT2D eigenvalue weighted by Gasteiger charge is 2.34. The maximum atomic E-state index is 6.29. The molecule has 17 heavy (non-hydrogen) atoms. The fourth-order valence-electron chi connectivity index (χ4n) is 2.48. The van der Waals surface area contributed by atoms with Crippen molar-refractivity contribution in [2.24, 2.45) is 12.8 Å². The zero-order valence-corrected chi connectivity index (χ0v) is 10.9. The molecule has 2 rings (SSSR count). The summed E-state index contributed by atoms with van der Waals surface area (Å²) in [4.78, 5) is 4.32. The number of hydrogen-bond donors (Lipinski definition) is 1. The number of nitrogens with zero attached hydrogens (tertiary/aromatic N) is 2. The van der Waals surface area contributed by atoms with Gasteiger partial charge < -0.3 is 15.0 Å². The molecule has 0 spiro atoms. The van der Waals surface area contributed by atoms with Crippen molar-refractivity contribution in [3.8, 4) is 0 Å². The summed E-state index contributed by atoms with van der Waals surface area (Å²) in [5.74, 6) is 1.10. The Labute approximate surface area is 103 Å². The normalized spacial score (nSPS) is 27.0. The third-order valence-corrected chi connectivity index (χ3v) is 3.88. The van der Waals surface area contributed by atoms with Crippen LogP contribution in [0, 0.1) is 0 Å². The summed E-state index contributed by atoms with van der Waals surface area (Å²) in [5.41, 5.74) is 6.15. The van der Waals surface area contributed by atoms with Crippen LogP contribution in [0.3, 0.4) is 0 Å². The number of nitrogens with two attached hydrogens (primary N) is 1. The molecule has 2 atom stereocenters. The van der Waals surface area contributed by atoms with Gasteiger partial charge in [-0.3, -0.25) is 0 Å². The standard InChI is InChI=1S/C13H23N3O/c1-13(7-3-4-10-17-13)11(14)5-6-12-15-8-9-16(12)2/h8-9,11H,3-7,10,14H2,1-2H3. The van der Waals surface area contributed by atoms with Gasteiger partial charge in [0.05, 0.1) is 5.60 Å². The van der Waals surface area contributed by atoms with Crippen LogP contribution >= 0.6 is 0 Å². The molecule has 1 saturated heterocycles. The van der Waals surface area contributed by atoms with E-state index in [1.807, 2.05) is 19.4 Å². The topological polar surface area (TPSA) is 53.1 Å². The van der Waals surface area contributed by atoms with Gasteiger partial charge in [0, 0.05) is 38.5 Å². The minimum Gasteiger partial charge on any atom is -0.374 e. The van der Waals surface area contributed by atoms with Crippen molar-refractivity contribution >= 4 is 0 Å². The van der Waals surface area contributed by atoms with Gasteiger partial charge >= 0.3 is 0 Å². The number of ether oxygens (including phenoxy) is 1. The van der Waals surface area contributed by atoms with Crippen LogP contribution in [0.1, 0.15) is 38.4 Å². The maximum Gasteiger partial charge on any atom is 0.108 e. The van der Waals surface area contributed by atoms with Crippen LogP contribution in [-0.4, -0.2) is 27.8 Å². The third-order valence-electron chi connectivity index (χ3n) is 3.88. The molecule has 0 aliphatic carbocycles. The second kappa shape index (κ2) is 5.19. The summed E-state index contributed by atoms with van der Waals surface area (Å²) in [5, 5.41) is 0. The van der Waals surface area contributed by atoms with Crippen molar-refractivity contribution < 1.29 is 4.74 Å². The van der Waals surface area contributed by atoms with E-state index in [1.165, 1.54) is 12.8 Å². The van der Waals surface area contributed by atoms with E-state index in [1.54, 1.807) is 0 Å². The Hall–Kier alpha value is -0.870. The predicted octanol–water partition coefficient (Wildman–Crippen LogP) is 1.64. The molecule has 0 saturated carbocycles. The first-order valence-electron chi connectivity index (χ1n) is 6.47. The molecule has 4 nitrogen and oxygen atoms in total. The van der Waals surface area contributed by atoms with Crippen molar-refractivity contribution in [3.63, 3.8) is 0 Å². The molecule has 0 amide bonds. The van der Waals surface area contributed by atoms with Gasteiger partial charge in [0.25, 0.3) is 0 Å². The van der Waals surface area contributed by atoms with Crippen molar-refractivity contribution in [3.05, 3.63) is 18.2 Å². The van der Waals surface area contributed by atoms with Gasteiger partial charge in [0.15, 0.2) is 0 Å². The zero-order valence-electron chi connectivity index (χ0n) is 10.9. The summed E-state index contributed by atoms with van der Waals surface area (Å²) in [6.07, 6.45) is 9.13. The van der Waals surface area contributed by atoms with Crippen LogP contribution in [0.4, 0.5) is 0 Å². The van der Waals surface area contributed by atoms with Gasteiger partial charge in [-0.2, -0.15) is 0 Å². The first kappa shape index (κ1) is 12.6. The number of rotatable bonds is 4. The highest BCUT2D eigenvalue weighted by molar-refractivity contribution is 4.95. The lowest BCUT2D eigenvalue weighted by Crippen LogP contribution is -2.49. The van der Waals surface area contributed by atoms with E-state index in [2.05, 4.69) is 16.5 Å². The number of aromatic nitrogens is 2. The number of aryl methyl sites for hydroxylation is 2. The monoisotopic (exact) mass is 237 g/mol. The Bertz CT molecular complexity index is 355. The van der Waals surface area contributed by atoms with Crippen LogP contribution in [0.5, 0.6) is 0 Å². The lowest BCUT2D eigenvalue weighted by molar-refractivity contribution is -0.0823. The molecule has 1 aliphatic rings. The average molecular weight is 237 g/mol. The molecular weight excluding hydrogens is 214 g/mol. The van der Waals surface area contributed by atoms with Crippen LogP contribution in [0.2, 0.25) is 0 Å². The molecule has 2 N–H and O–H groups in total. The second-order valence-electron chi connectivity index (χ2n) is 5.22. The Morgan fingerprint density at radius 1 is 1.59 bits per heavy atom. The fraction of sp³-hybridized carbons (Fsp3) is 0.769. The van der Waals surface area contributed by atoms with Crippen LogP contribution < -0.4 is 5.73 Å². The van der Waals surface area contributed by atoms with Gasteiger partial charge in [-0.25, -0.2) is 4.98 Å². The first-order valence-corrected chi connectivity index (χ1v) is 6.47. The molecule has 1 fully saturated rings. The summed E-state index contributed by atoms with van der Waals surface area (Å²) in [7, 11) is 2.02. The molecule has 0 radical (unpaired) electrons. The predicted molar refractivity (Wildman–Crippen MR) is 67.7 cm³/mol. The second-order valence-corrected chi connectivity index (χ2v) is 5.22. The highest BCUT2D eigenvalue weighted by Crippen LogP contribution is 2.28. The minimum atomic E-state index is -0.136. The van der Waals surface area contributed by atoms with Crippen molar-refractivity contribution in [1.82, 2.24) is 9.55 Å². The minimum absolute atomic E-state index is 0.0968. The molecule has 0 bridgehead atoms. The van der Waals surface area contributed by atoms with E-state index in [0.29, 0.717) is 0 Å². The van der Waals surface area contributed by atoms with E-state index < -0.39 is 0 Å². The van der Waals surface area contributed by atoms with E-state index in [9.17, 15) is 0 Å². The molecule has 2 unspecified atom stereocenters. The Morgan fingerprint density at radius 2 is 2.41 bits per heavy atom. The average Bonchev–Trinajstić information content (AvgIpc) is 2.73. The fourth-order valence-corrected chi connectivity index (χ4v) is 2.48. The highest BCUT2D eigenvalue weighted by atomic mass is 16.5. The maximum absolute atomic E-state index is 6.29. The molecular formula is C13H23N3O. The molecule has 1 aliphatic heterocycles. The van der Waals surface area contributed by atoms with Gasteiger partial charge in [-0.15, -0.1) is 0 Å². The summed E-state index contributed by atoms with van der Waals surface area (Å²) in [6.45, 7) is 3.00. The largest absolute Gasteiger partial charge is 0.374 e. The molecule has 0 aromatic carbocycles. The Morgan fingerprint density at radius 3 is 3.00 bits per heavy atom. The van der Waals surface area contributed by atoms with Crippen LogP contribution in [0.15, 0.2) is 12.4 Å². The Kier molecular flexibility index (Phi) is 3.84. The van der Waals surface area contributed by atoms with Gasteiger partial charge in [0.2, 0.25) is 0 Å². The quantitative estimate of drug-likeness (QED) is 0.866. The van der Waals surface area contributed by atoms with Crippen molar-refractivity contribution in [2.75, 3.05) is 6.61 Å². The zero-order chi connectivity index (χ0) is 12.3.